The van der Waals surface area contributed by atoms with E-state index in [-0.39, 0.29) is 12.3 Å². The average molecular weight is 286 g/mol. The molecule has 1 rings (SSSR count). The van der Waals surface area contributed by atoms with Gasteiger partial charge in [0, 0.05) is 39.1 Å². The molecule has 1 saturated heterocycles. The highest BCUT2D eigenvalue weighted by molar-refractivity contribution is 5.77. The van der Waals surface area contributed by atoms with E-state index in [0.29, 0.717) is 25.4 Å². The number of hydrogen-bond donors (Lipinski definition) is 1. The van der Waals surface area contributed by atoms with Gasteiger partial charge in [-0.25, -0.2) is 0 Å². The second kappa shape index (κ2) is 8.92. The number of hydrogen-bond acceptors (Lipinski definition) is 4. The Kier molecular flexibility index (Phi) is 7.54. The topological polar surface area (TPSA) is 70.1 Å². The third kappa shape index (κ3) is 6.86. The number of rotatable bonds is 8. The zero-order valence-electron chi connectivity index (χ0n) is 12.5. The van der Waals surface area contributed by atoms with Crippen LogP contribution in [0.3, 0.4) is 0 Å². The molecule has 0 aromatic rings. The van der Waals surface area contributed by atoms with Gasteiger partial charge in [0.2, 0.25) is 5.91 Å². The third-order valence-corrected chi connectivity index (χ3v) is 3.32. The molecule has 0 spiro atoms. The largest absolute Gasteiger partial charge is 0.481 e. The Morgan fingerprint density at radius 1 is 1.25 bits per heavy atom. The summed E-state index contributed by atoms with van der Waals surface area (Å²) in [5.41, 5.74) is 0. The molecule has 1 aliphatic rings. The fourth-order valence-corrected chi connectivity index (χ4v) is 2.16. The molecule has 0 aromatic heterocycles. The lowest BCUT2D eigenvalue weighted by molar-refractivity contribution is -0.138. The quantitative estimate of drug-likeness (QED) is 0.710. The highest BCUT2D eigenvalue weighted by atomic mass is 16.5. The van der Waals surface area contributed by atoms with Crippen LogP contribution >= 0.6 is 0 Å². The summed E-state index contributed by atoms with van der Waals surface area (Å²) in [6, 6.07) is 0. The number of carboxylic acid groups (broad SMARTS) is 1. The van der Waals surface area contributed by atoms with E-state index in [4.69, 9.17) is 9.84 Å². The van der Waals surface area contributed by atoms with E-state index in [2.05, 4.69) is 4.90 Å². The smallest absolute Gasteiger partial charge is 0.305 e. The molecule has 0 aliphatic carbocycles. The predicted octanol–water partition coefficient (Wildman–Crippen LogP) is 0.668. The van der Waals surface area contributed by atoms with Crippen molar-refractivity contribution >= 4 is 11.9 Å². The van der Waals surface area contributed by atoms with Crippen molar-refractivity contribution in [1.29, 1.82) is 0 Å². The molecule has 1 amide bonds. The number of amides is 1. The summed E-state index contributed by atoms with van der Waals surface area (Å²) in [6.45, 7) is 8.89. The molecule has 1 aliphatic heterocycles. The van der Waals surface area contributed by atoms with Crippen molar-refractivity contribution in [2.45, 2.75) is 26.7 Å². The molecule has 1 fully saturated rings. The molecule has 0 radical (unpaired) electrons. The summed E-state index contributed by atoms with van der Waals surface area (Å²) in [7, 11) is 0. The Labute approximate surface area is 120 Å². The van der Waals surface area contributed by atoms with Crippen molar-refractivity contribution < 1.29 is 19.4 Å². The van der Waals surface area contributed by atoms with Crippen molar-refractivity contribution in [2.75, 3.05) is 45.9 Å². The molecule has 0 bridgehead atoms. The summed E-state index contributed by atoms with van der Waals surface area (Å²) in [4.78, 5) is 26.8. The van der Waals surface area contributed by atoms with Crippen LogP contribution in [0.1, 0.15) is 26.7 Å². The minimum Gasteiger partial charge on any atom is -0.481 e. The van der Waals surface area contributed by atoms with E-state index in [9.17, 15) is 9.59 Å². The second-order valence-corrected chi connectivity index (χ2v) is 5.58. The summed E-state index contributed by atoms with van der Waals surface area (Å²) in [5, 5.41) is 8.78. The van der Waals surface area contributed by atoms with Crippen LogP contribution in [0.2, 0.25) is 0 Å². The van der Waals surface area contributed by atoms with E-state index in [1.165, 1.54) is 0 Å². The lowest BCUT2D eigenvalue weighted by atomic mass is 10.1. The number of carbonyl (C=O) groups excluding carboxylic acids is 1. The zero-order chi connectivity index (χ0) is 15.0. The van der Waals surface area contributed by atoms with E-state index in [1.54, 1.807) is 4.90 Å². The Bertz CT molecular complexity index is 314. The van der Waals surface area contributed by atoms with E-state index < -0.39 is 5.97 Å². The van der Waals surface area contributed by atoms with Gasteiger partial charge in [-0.3, -0.25) is 14.5 Å². The fourth-order valence-electron chi connectivity index (χ4n) is 2.16. The SMILES string of the molecule is CC(C)CC(=O)N(CCC(=O)O)CCN1CCOCC1. The van der Waals surface area contributed by atoms with Crippen LogP contribution in [-0.4, -0.2) is 72.7 Å². The van der Waals surface area contributed by atoms with Crippen molar-refractivity contribution in [3.63, 3.8) is 0 Å². The first-order chi connectivity index (χ1) is 9.49. The molecule has 116 valence electrons. The van der Waals surface area contributed by atoms with Gasteiger partial charge in [-0.2, -0.15) is 0 Å². The van der Waals surface area contributed by atoms with Crippen LogP contribution in [0.5, 0.6) is 0 Å². The highest BCUT2D eigenvalue weighted by Crippen LogP contribution is 2.06. The molecular weight excluding hydrogens is 260 g/mol. The Morgan fingerprint density at radius 2 is 1.90 bits per heavy atom. The summed E-state index contributed by atoms with van der Waals surface area (Å²) < 4.78 is 5.29. The molecule has 0 unspecified atom stereocenters. The fraction of sp³-hybridized carbons (Fsp3) is 0.857. The zero-order valence-corrected chi connectivity index (χ0v) is 12.5. The summed E-state index contributed by atoms with van der Waals surface area (Å²) in [6.07, 6.45) is 0.482. The van der Waals surface area contributed by atoms with E-state index in [1.807, 2.05) is 13.8 Å². The Hall–Kier alpha value is -1.14. The predicted molar refractivity (Wildman–Crippen MR) is 75.5 cm³/mol. The first-order valence-electron chi connectivity index (χ1n) is 7.28. The number of carbonyl (C=O) groups is 2. The van der Waals surface area contributed by atoms with Crippen LogP contribution in [0.15, 0.2) is 0 Å². The highest BCUT2D eigenvalue weighted by Gasteiger charge is 2.18. The molecule has 20 heavy (non-hydrogen) atoms. The Balaban J connectivity index is 2.43. The van der Waals surface area contributed by atoms with Crippen LogP contribution in [0.25, 0.3) is 0 Å². The molecule has 0 aromatic carbocycles. The minimum atomic E-state index is -0.862. The van der Waals surface area contributed by atoms with Crippen molar-refractivity contribution in [3.05, 3.63) is 0 Å². The van der Waals surface area contributed by atoms with Gasteiger partial charge < -0.3 is 14.7 Å². The Morgan fingerprint density at radius 3 is 2.45 bits per heavy atom. The number of aliphatic carboxylic acids is 1. The molecule has 0 saturated carbocycles. The van der Waals surface area contributed by atoms with Gasteiger partial charge in [0.25, 0.3) is 0 Å². The molecule has 1 heterocycles. The number of nitrogens with zero attached hydrogens (tertiary/aromatic N) is 2. The van der Waals surface area contributed by atoms with Gasteiger partial charge in [0.1, 0.15) is 0 Å². The summed E-state index contributed by atoms with van der Waals surface area (Å²) >= 11 is 0. The minimum absolute atomic E-state index is 0.00689. The van der Waals surface area contributed by atoms with Crippen molar-refractivity contribution in [1.82, 2.24) is 9.80 Å². The molecule has 6 nitrogen and oxygen atoms in total. The molecule has 0 atom stereocenters. The van der Waals surface area contributed by atoms with Crippen LogP contribution in [0.4, 0.5) is 0 Å². The van der Waals surface area contributed by atoms with E-state index >= 15 is 0 Å². The molecular formula is C14H26N2O4. The number of ether oxygens (including phenoxy) is 1. The van der Waals surface area contributed by atoms with Gasteiger partial charge in [0.15, 0.2) is 0 Å². The second-order valence-electron chi connectivity index (χ2n) is 5.58. The average Bonchev–Trinajstić information content (AvgIpc) is 2.38. The van der Waals surface area contributed by atoms with Gasteiger partial charge >= 0.3 is 5.97 Å². The van der Waals surface area contributed by atoms with Gasteiger partial charge in [-0.15, -0.1) is 0 Å². The van der Waals surface area contributed by atoms with Crippen LogP contribution in [0, 0.1) is 5.92 Å². The van der Waals surface area contributed by atoms with Crippen LogP contribution in [-0.2, 0) is 14.3 Å². The van der Waals surface area contributed by atoms with Gasteiger partial charge in [-0.05, 0) is 5.92 Å². The van der Waals surface area contributed by atoms with Crippen molar-refractivity contribution in [2.24, 2.45) is 5.92 Å². The number of morpholine rings is 1. The third-order valence-electron chi connectivity index (χ3n) is 3.32. The first kappa shape index (κ1) is 16.9. The van der Waals surface area contributed by atoms with Gasteiger partial charge in [0.05, 0.1) is 19.6 Å². The molecule has 6 heteroatoms. The lowest BCUT2D eigenvalue weighted by Crippen LogP contribution is -2.43. The van der Waals surface area contributed by atoms with E-state index in [0.717, 1.165) is 32.8 Å². The lowest BCUT2D eigenvalue weighted by Gasteiger charge is -2.30. The standard InChI is InChI=1S/C14H26N2O4/c1-12(2)11-13(17)16(4-3-14(18)19)6-5-15-7-9-20-10-8-15/h12H,3-11H2,1-2H3,(H,18,19). The maximum absolute atomic E-state index is 12.1. The van der Waals surface area contributed by atoms with Crippen molar-refractivity contribution in [3.8, 4) is 0 Å². The first-order valence-corrected chi connectivity index (χ1v) is 7.28. The normalized spacial score (nSPS) is 16.4. The molecule has 1 N–H and O–H groups in total. The number of carboxylic acids is 1. The maximum Gasteiger partial charge on any atom is 0.305 e. The monoisotopic (exact) mass is 286 g/mol. The van der Waals surface area contributed by atoms with Crippen LogP contribution < -0.4 is 0 Å². The van der Waals surface area contributed by atoms with Gasteiger partial charge in [-0.1, -0.05) is 13.8 Å². The maximum atomic E-state index is 12.1. The summed E-state index contributed by atoms with van der Waals surface area (Å²) in [5.74, 6) is -0.522.